The molecule has 0 heterocycles. The van der Waals surface area contributed by atoms with Gasteiger partial charge < -0.3 is 15.7 Å². The molecule has 0 spiro atoms. The molecule has 0 bridgehead atoms. The minimum Gasteiger partial charge on any atom is -0.506 e. The molecule has 100 valence electrons. The van der Waals surface area contributed by atoms with Crippen molar-refractivity contribution in [1.29, 1.82) is 0 Å². The van der Waals surface area contributed by atoms with E-state index < -0.39 is 0 Å². The summed E-state index contributed by atoms with van der Waals surface area (Å²) in [5, 5.41) is 15.6. The highest BCUT2D eigenvalue weighted by Crippen LogP contribution is 2.24. The molecule has 1 aromatic carbocycles. The van der Waals surface area contributed by atoms with Crippen molar-refractivity contribution < 1.29 is 9.90 Å². The van der Waals surface area contributed by atoms with Gasteiger partial charge in [0.1, 0.15) is 5.75 Å². The average Bonchev–Trinajstić information content (AvgIpc) is 2.38. The van der Waals surface area contributed by atoms with Crippen molar-refractivity contribution in [2.45, 2.75) is 27.2 Å². The fourth-order valence-electron chi connectivity index (χ4n) is 1.61. The van der Waals surface area contributed by atoms with E-state index in [0.29, 0.717) is 12.2 Å². The summed E-state index contributed by atoms with van der Waals surface area (Å²) >= 11 is 0. The van der Waals surface area contributed by atoms with Crippen LogP contribution in [-0.2, 0) is 11.2 Å². The summed E-state index contributed by atoms with van der Waals surface area (Å²) in [6.45, 7) is 7.37. The SMILES string of the molecule is CCNCC(C)C(=O)Nc1cc(CC)ccc1O. The van der Waals surface area contributed by atoms with Crippen molar-refractivity contribution in [1.82, 2.24) is 5.32 Å². The fourth-order valence-corrected chi connectivity index (χ4v) is 1.61. The van der Waals surface area contributed by atoms with E-state index >= 15 is 0 Å². The first kappa shape index (κ1) is 14.5. The first-order valence-corrected chi connectivity index (χ1v) is 6.41. The molecule has 0 aromatic heterocycles. The highest BCUT2D eigenvalue weighted by molar-refractivity contribution is 5.93. The van der Waals surface area contributed by atoms with E-state index in [1.54, 1.807) is 6.07 Å². The Hall–Kier alpha value is -1.55. The number of hydrogen-bond donors (Lipinski definition) is 3. The minimum atomic E-state index is -0.130. The number of nitrogens with one attached hydrogen (secondary N) is 2. The lowest BCUT2D eigenvalue weighted by Gasteiger charge is -2.14. The van der Waals surface area contributed by atoms with Gasteiger partial charge in [-0.1, -0.05) is 26.8 Å². The Balaban J connectivity index is 2.68. The first-order chi connectivity index (χ1) is 8.58. The number of carbonyl (C=O) groups excluding carboxylic acids is 1. The van der Waals surface area contributed by atoms with E-state index in [-0.39, 0.29) is 17.6 Å². The molecule has 1 aromatic rings. The number of phenols is 1. The molecule has 1 atom stereocenters. The Kier molecular flexibility index (Phi) is 5.65. The normalized spacial score (nSPS) is 12.2. The van der Waals surface area contributed by atoms with Crippen molar-refractivity contribution in [3.8, 4) is 5.75 Å². The maximum absolute atomic E-state index is 11.9. The lowest BCUT2D eigenvalue weighted by Crippen LogP contribution is -2.30. The van der Waals surface area contributed by atoms with Crippen LogP contribution in [0.1, 0.15) is 26.3 Å². The number of hydrogen-bond acceptors (Lipinski definition) is 3. The lowest BCUT2D eigenvalue weighted by molar-refractivity contribution is -0.119. The van der Waals surface area contributed by atoms with Gasteiger partial charge in [-0.2, -0.15) is 0 Å². The molecule has 18 heavy (non-hydrogen) atoms. The molecular weight excluding hydrogens is 228 g/mol. The largest absolute Gasteiger partial charge is 0.506 e. The van der Waals surface area contributed by atoms with Crippen LogP contribution >= 0.6 is 0 Å². The van der Waals surface area contributed by atoms with Gasteiger partial charge in [0.05, 0.1) is 5.69 Å². The van der Waals surface area contributed by atoms with Crippen molar-refractivity contribution >= 4 is 11.6 Å². The van der Waals surface area contributed by atoms with Gasteiger partial charge in [-0.05, 0) is 30.7 Å². The first-order valence-electron chi connectivity index (χ1n) is 6.41. The zero-order valence-corrected chi connectivity index (χ0v) is 11.3. The maximum Gasteiger partial charge on any atom is 0.228 e. The topological polar surface area (TPSA) is 61.4 Å². The van der Waals surface area contributed by atoms with E-state index in [1.807, 2.05) is 32.9 Å². The molecule has 0 aliphatic rings. The number of anilines is 1. The third-order valence-electron chi connectivity index (χ3n) is 2.88. The Morgan fingerprint density at radius 2 is 2.11 bits per heavy atom. The monoisotopic (exact) mass is 250 g/mol. The number of aromatic hydroxyl groups is 1. The smallest absolute Gasteiger partial charge is 0.228 e. The molecule has 0 aliphatic carbocycles. The molecule has 4 heteroatoms. The van der Waals surface area contributed by atoms with Crippen LogP contribution in [0.2, 0.25) is 0 Å². The maximum atomic E-state index is 11.9. The Bertz CT molecular complexity index is 405. The predicted octanol–water partition coefficient (Wildman–Crippen LogP) is 2.14. The van der Waals surface area contributed by atoms with Gasteiger partial charge in [-0.3, -0.25) is 4.79 Å². The number of amides is 1. The molecule has 0 saturated carbocycles. The van der Waals surface area contributed by atoms with Crippen molar-refractivity contribution in [2.24, 2.45) is 5.92 Å². The van der Waals surface area contributed by atoms with Crippen LogP contribution in [0.5, 0.6) is 5.75 Å². The van der Waals surface area contributed by atoms with Crippen LogP contribution < -0.4 is 10.6 Å². The summed E-state index contributed by atoms with van der Waals surface area (Å²) in [5.41, 5.74) is 1.57. The Morgan fingerprint density at radius 1 is 1.39 bits per heavy atom. The number of phenolic OH excluding ortho intramolecular Hbond substituents is 1. The number of rotatable bonds is 6. The standard InChI is InChI=1S/C14H22N2O2/c1-4-11-6-7-13(17)12(8-11)16-14(18)10(3)9-15-5-2/h6-8,10,15,17H,4-5,9H2,1-3H3,(H,16,18). The number of aryl methyl sites for hydroxylation is 1. The minimum absolute atomic E-state index is 0.0838. The van der Waals surface area contributed by atoms with Crippen molar-refractivity contribution in [2.75, 3.05) is 18.4 Å². The van der Waals surface area contributed by atoms with Gasteiger partial charge in [0, 0.05) is 12.5 Å². The van der Waals surface area contributed by atoms with Crippen LogP contribution in [0.4, 0.5) is 5.69 Å². The summed E-state index contributed by atoms with van der Waals surface area (Å²) in [6, 6.07) is 5.28. The fraction of sp³-hybridized carbons (Fsp3) is 0.500. The van der Waals surface area contributed by atoms with E-state index in [9.17, 15) is 9.90 Å². The zero-order chi connectivity index (χ0) is 13.5. The second-order valence-electron chi connectivity index (χ2n) is 4.40. The molecule has 0 fully saturated rings. The third kappa shape index (κ3) is 4.04. The molecule has 3 N–H and O–H groups in total. The van der Waals surface area contributed by atoms with Crippen LogP contribution in [0.25, 0.3) is 0 Å². The lowest BCUT2D eigenvalue weighted by atomic mass is 10.1. The predicted molar refractivity (Wildman–Crippen MR) is 73.8 cm³/mol. The molecule has 1 unspecified atom stereocenters. The molecule has 1 rings (SSSR count). The highest BCUT2D eigenvalue weighted by Gasteiger charge is 2.14. The zero-order valence-electron chi connectivity index (χ0n) is 11.3. The van der Waals surface area contributed by atoms with Crippen molar-refractivity contribution in [3.63, 3.8) is 0 Å². The summed E-state index contributed by atoms with van der Waals surface area (Å²) in [6.07, 6.45) is 0.871. The van der Waals surface area contributed by atoms with Gasteiger partial charge in [0.25, 0.3) is 0 Å². The third-order valence-corrected chi connectivity index (χ3v) is 2.88. The highest BCUT2D eigenvalue weighted by atomic mass is 16.3. The second-order valence-corrected chi connectivity index (χ2v) is 4.40. The van der Waals surface area contributed by atoms with Gasteiger partial charge in [-0.25, -0.2) is 0 Å². The molecule has 0 saturated heterocycles. The van der Waals surface area contributed by atoms with Crippen LogP contribution in [-0.4, -0.2) is 24.1 Å². The van der Waals surface area contributed by atoms with Gasteiger partial charge >= 0.3 is 0 Å². The molecule has 4 nitrogen and oxygen atoms in total. The van der Waals surface area contributed by atoms with Gasteiger partial charge in [0.15, 0.2) is 0 Å². The summed E-state index contributed by atoms with van der Waals surface area (Å²) in [7, 11) is 0. The van der Waals surface area contributed by atoms with E-state index in [0.717, 1.165) is 18.5 Å². The average molecular weight is 250 g/mol. The van der Waals surface area contributed by atoms with Crippen LogP contribution in [0, 0.1) is 5.92 Å². The summed E-state index contributed by atoms with van der Waals surface area (Å²) in [4.78, 5) is 11.9. The Morgan fingerprint density at radius 3 is 2.72 bits per heavy atom. The molecule has 0 aliphatic heterocycles. The van der Waals surface area contributed by atoms with Crippen LogP contribution in [0.3, 0.4) is 0 Å². The van der Waals surface area contributed by atoms with Gasteiger partial charge in [-0.15, -0.1) is 0 Å². The quantitative estimate of drug-likeness (QED) is 0.678. The molecule has 0 radical (unpaired) electrons. The van der Waals surface area contributed by atoms with Crippen molar-refractivity contribution in [3.05, 3.63) is 23.8 Å². The number of benzene rings is 1. The number of carbonyl (C=O) groups is 1. The summed E-state index contributed by atoms with van der Waals surface area (Å²) in [5.74, 6) is -0.106. The Labute approximate surface area is 108 Å². The molecular formula is C14H22N2O2. The van der Waals surface area contributed by atoms with Crippen LogP contribution in [0.15, 0.2) is 18.2 Å². The van der Waals surface area contributed by atoms with E-state index in [4.69, 9.17) is 0 Å². The molecule has 1 amide bonds. The van der Waals surface area contributed by atoms with E-state index in [2.05, 4.69) is 10.6 Å². The van der Waals surface area contributed by atoms with E-state index in [1.165, 1.54) is 0 Å². The summed E-state index contributed by atoms with van der Waals surface area (Å²) < 4.78 is 0. The second kappa shape index (κ2) is 7.01. The van der Waals surface area contributed by atoms with Gasteiger partial charge in [0.2, 0.25) is 5.91 Å².